The zero-order valence-corrected chi connectivity index (χ0v) is 17.5. The number of hydrogen-bond donors (Lipinski definition) is 1. The Bertz CT molecular complexity index is 1170. The van der Waals surface area contributed by atoms with Gasteiger partial charge in [-0.05, 0) is 36.1 Å². The van der Waals surface area contributed by atoms with Crippen molar-refractivity contribution in [3.63, 3.8) is 0 Å². The Morgan fingerprint density at radius 3 is 2.14 bits per heavy atom. The molecule has 3 rings (SSSR count). The summed E-state index contributed by atoms with van der Waals surface area (Å²) >= 11 is 0. The molecule has 8 heteroatoms. The van der Waals surface area contributed by atoms with Gasteiger partial charge in [-0.2, -0.15) is 0 Å². The van der Waals surface area contributed by atoms with Crippen LogP contribution < -0.4 is 15.1 Å². The van der Waals surface area contributed by atoms with Gasteiger partial charge in [0.05, 0.1) is 28.7 Å². The van der Waals surface area contributed by atoms with Gasteiger partial charge in [0.25, 0.3) is 10.0 Å². The first-order valence-electron chi connectivity index (χ1n) is 8.99. The molecular formula is C20H25N3O4S. The molecule has 1 aromatic heterocycles. The number of imidazole rings is 1. The molecule has 1 N–H and O–H groups in total. The number of hydrogen-bond acceptors (Lipinski definition) is 4. The van der Waals surface area contributed by atoms with Crippen LogP contribution in [0, 0.1) is 5.92 Å². The van der Waals surface area contributed by atoms with Gasteiger partial charge in [0.15, 0.2) is 0 Å². The minimum Gasteiger partial charge on any atom is -0.494 e. The van der Waals surface area contributed by atoms with E-state index >= 15 is 0 Å². The van der Waals surface area contributed by atoms with Crippen LogP contribution in [0.25, 0.3) is 11.0 Å². The fourth-order valence-corrected chi connectivity index (χ4v) is 4.32. The van der Waals surface area contributed by atoms with Gasteiger partial charge in [-0.15, -0.1) is 0 Å². The van der Waals surface area contributed by atoms with Crippen LogP contribution in [-0.4, -0.2) is 24.7 Å². The highest BCUT2D eigenvalue weighted by atomic mass is 32.2. The van der Waals surface area contributed by atoms with E-state index in [-0.39, 0.29) is 16.3 Å². The Kier molecular flexibility index (Phi) is 5.25. The lowest BCUT2D eigenvalue weighted by atomic mass is 10.0. The Balaban J connectivity index is 2.00. The van der Waals surface area contributed by atoms with Crippen LogP contribution in [0.4, 0.5) is 5.69 Å². The van der Waals surface area contributed by atoms with Gasteiger partial charge in [-0.25, -0.2) is 13.2 Å². The maximum atomic E-state index is 12.9. The highest BCUT2D eigenvalue weighted by Crippen LogP contribution is 2.31. The highest BCUT2D eigenvalue weighted by Gasteiger charge is 2.19. The predicted molar refractivity (Wildman–Crippen MR) is 111 cm³/mol. The number of benzene rings is 2. The first kappa shape index (κ1) is 20.0. The number of aromatic nitrogens is 2. The molecule has 0 saturated carbocycles. The molecule has 1 heterocycles. The van der Waals surface area contributed by atoms with E-state index in [4.69, 9.17) is 4.74 Å². The summed E-state index contributed by atoms with van der Waals surface area (Å²) in [7, 11) is 0.960. The largest absolute Gasteiger partial charge is 0.494 e. The Labute approximate surface area is 164 Å². The van der Waals surface area contributed by atoms with Crippen molar-refractivity contribution in [1.29, 1.82) is 0 Å². The van der Waals surface area contributed by atoms with E-state index in [2.05, 4.69) is 18.6 Å². The lowest BCUT2D eigenvalue weighted by Gasteiger charge is -2.13. The molecule has 0 unspecified atom stereocenters. The maximum absolute atomic E-state index is 12.9. The van der Waals surface area contributed by atoms with Crippen LogP contribution in [0.15, 0.2) is 46.1 Å². The van der Waals surface area contributed by atoms with Gasteiger partial charge in [0.2, 0.25) is 0 Å². The van der Waals surface area contributed by atoms with E-state index in [0.29, 0.717) is 22.7 Å². The summed E-state index contributed by atoms with van der Waals surface area (Å²) in [6.45, 7) is 4.23. The van der Waals surface area contributed by atoms with Gasteiger partial charge in [-0.1, -0.05) is 26.0 Å². The number of ether oxygens (including phenoxy) is 1. The fourth-order valence-electron chi connectivity index (χ4n) is 3.25. The molecule has 7 nitrogen and oxygen atoms in total. The molecule has 3 aromatic rings. The van der Waals surface area contributed by atoms with E-state index in [1.165, 1.54) is 16.2 Å². The number of nitrogens with zero attached hydrogens (tertiary/aromatic N) is 2. The molecule has 2 aromatic carbocycles. The number of aryl methyl sites for hydroxylation is 2. The summed E-state index contributed by atoms with van der Waals surface area (Å²) in [5, 5.41) is 0. The average Bonchev–Trinajstić information content (AvgIpc) is 2.84. The summed E-state index contributed by atoms with van der Waals surface area (Å²) in [5.74, 6) is 0.836. The second-order valence-corrected chi connectivity index (χ2v) is 8.97. The average molecular weight is 404 g/mol. The summed E-state index contributed by atoms with van der Waals surface area (Å²) in [6, 6.07) is 10.1. The third-order valence-corrected chi connectivity index (χ3v) is 6.10. The normalized spacial score (nSPS) is 11.9. The molecule has 0 aliphatic heterocycles. The van der Waals surface area contributed by atoms with Crippen molar-refractivity contribution in [2.24, 2.45) is 20.0 Å². The molecular weight excluding hydrogens is 378 g/mol. The summed E-state index contributed by atoms with van der Waals surface area (Å²) in [6.07, 6.45) is 0.889. The van der Waals surface area contributed by atoms with Crippen molar-refractivity contribution in [2.45, 2.75) is 25.2 Å². The quantitative estimate of drug-likeness (QED) is 0.686. The number of rotatable bonds is 6. The Hall–Kier alpha value is -2.74. The SMILES string of the molecule is COc1cc2c(cc1NS(=O)(=O)c1ccc(CC(C)C)cc1)n(C)c(=O)n2C. The molecule has 28 heavy (non-hydrogen) atoms. The Morgan fingerprint density at radius 1 is 1.04 bits per heavy atom. The second kappa shape index (κ2) is 7.35. The third-order valence-electron chi connectivity index (χ3n) is 4.72. The van der Waals surface area contributed by atoms with Crippen molar-refractivity contribution >= 4 is 26.7 Å². The lowest BCUT2D eigenvalue weighted by molar-refractivity contribution is 0.417. The van der Waals surface area contributed by atoms with Crippen LogP contribution in [0.5, 0.6) is 5.75 Å². The number of anilines is 1. The molecule has 150 valence electrons. The van der Waals surface area contributed by atoms with E-state index in [9.17, 15) is 13.2 Å². The molecule has 0 aliphatic rings. The molecule has 0 fully saturated rings. The Morgan fingerprint density at radius 2 is 1.61 bits per heavy atom. The molecule has 0 aliphatic carbocycles. The number of sulfonamides is 1. The third kappa shape index (κ3) is 3.64. The standard InChI is InChI=1S/C20H25N3O4S/c1-13(2)10-14-6-8-15(9-7-14)28(25,26)21-16-11-17-18(12-19(16)27-5)23(4)20(24)22(17)3/h6-9,11-13,21H,10H2,1-5H3. The second-order valence-electron chi connectivity index (χ2n) is 7.29. The molecule has 0 spiro atoms. The van der Waals surface area contributed by atoms with Crippen molar-refractivity contribution in [3.8, 4) is 5.75 Å². The minimum absolute atomic E-state index is 0.170. The molecule has 0 saturated heterocycles. The minimum atomic E-state index is -3.80. The lowest BCUT2D eigenvalue weighted by Crippen LogP contribution is -2.19. The smallest absolute Gasteiger partial charge is 0.328 e. The zero-order chi connectivity index (χ0) is 20.6. The van der Waals surface area contributed by atoms with Gasteiger partial charge >= 0.3 is 5.69 Å². The fraction of sp³-hybridized carbons (Fsp3) is 0.350. The highest BCUT2D eigenvalue weighted by molar-refractivity contribution is 7.92. The van der Waals surface area contributed by atoms with Gasteiger partial charge < -0.3 is 4.74 Å². The van der Waals surface area contributed by atoms with Crippen molar-refractivity contribution in [3.05, 3.63) is 52.4 Å². The maximum Gasteiger partial charge on any atom is 0.328 e. The van der Waals surface area contributed by atoms with Crippen molar-refractivity contribution < 1.29 is 13.2 Å². The van der Waals surface area contributed by atoms with Gasteiger partial charge in [0, 0.05) is 20.2 Å². The molecule has 0 bridgehead atoms. The number of nitrogens with one attached hydrogen (secondary N) is 1. The zero-order valence-electron chi connectivity index (χ0n) is 16.7. The van der Waals surface area contributed by atoms with Crippen LogP contribution in [-0.2, 0) is 30.5 Å². The molecule has 0 atom stereocenters. The van der Waals surface area contributed by atoms with Crippen LogP contribution >= 0.6 is 0 Å². The predicted octanol–water partition coefficient (Wildman–Crippen LogP) is 2.88. The van der Waals surface area contributed by atoms with Crippen molar-refractivity contribution in [1.82, 2.24) is 9.13 Å². The number of fused-ring (bicyclic) bond motifs is 1. The van der Waals surface area contributed by atoms with Crippen LogP contribution in [0.2, 0.25) is 0 Å². The van der Waals surface area contributed by atoms with E-state index < -0.39 is 10.0 Å². The summed E-state index contributed by atoms with van der Waals surface area (Å²) in [4.78, 5) is 12.3. The summed E-state index contributed by atoms with van der Waals surface area (Å²) in [5.41, 5.74) is 2.44. The monoisotopic (exact) mass is 403 g/mol. The van der Waals surface area contributed by atoms with Gasteiger partial charge in [0.1, 0.15) is 5.75 Å². The van der Waals surface area contributed by atoms with E-state index in [0.717, 1.165) is 12.0 Å². The van der Waals surface area contributed by atoms with E-state index in [1.807, 2.05) is 12.1 Å². The number of methoxy groups -OCH3 is 1. The van der Waals surface area contributed by atoms with Crippen molar-refractivity contribution in [2.75, 3.05) is 11.8 Å². The topological polar surface area (TPSA) is 82.3 Å². The van der Waals surface area contributed by atoms with E-state index in [1.54, 1.807) is 38.4 Å². The van der Waals surface area contributed by atoms with Crippen LogP contribution in [0.1, 0.15) is 19.4 Å². The molecule has 0 radical (unpaired) electrons. The van der Waals surface area contributed by atoms with Gasteiger partial charge in [-0.3, -0.25) is 13.9 Å². The first-order chi connectivity index (χ1) is 13.1. The van der Waals surface area contributed by atoms with Crippen LogP contribution in [0.3, 0.4) is 0 Å². The first-order valence-corrected chi connectivity index (χ1v) is 10.5. The molecule has 0 amide bonds. The summed E-state index contributed by atoms with van der Waals surface area (Å²) < 4.78 is 36.6.